The van der Waals surface area contributed by atoms with Gasteiger partial charge in [0.05, 0.1) is 6.54 Å². The van der Waals surface area contributed by atoms with E-state index in [1.807, 2.05) is 44.1 Å². The van der Waals surface area contributed by atoms with E-state index < -0.39 is 0 Å². The largest absolute Gasteiger partial charge is 0.459 e. The van der Waals surface area contributed by atoms with Crippen molar-refractivity contribution < 1.29 is 4.42 Å². The lowest BCUT2D eigenvalue weighted by Gasteiger charge is -2.20. The lowest BCUT2D eigenvalue weighted by Crippen LogP contribution is -2.38. The van der Waals surface area contributed by atoms with Gasteiger partial charge in [-0.1, -0.05) is 18.2 Å². The number of aliphatic imine (C=N–C) groups is 1. The molecule has 0 fully saturated rings. The van der Waals surface area contributed by atoms with Gasteiger partial charge >= 0.3 is 0 Å². The molecule has 1 aromatic heterocycles. The highest BCUT2D eigenvalue weighted by atomic mass is 32.2. The van der Waals surface area contributed by atoms with Gasteiger partial charge in [-0.15, -0.1) is 0 Å². The highest BCUT2D eigenvalue weighted by Crippen LogP contribution is 2.19. The van der Waals surface area contributed by atoms with Crippen LogP contribution in [0.3, 0.4) is 0 Å². The number of fused-ring (bicyclic) bond motifs is 1. The minimum atomic E-state index is 0.705. The molecule has 0 atom stereocenters. The molecule has 1 N–H and O–H groups in total. The molecule has 5 heteroatoms. The van der Waals surface area contributed by atoms with Crippen LogP contribution in [0.25, 0.3) is 11.0 Å². The summed E-state index contributed by atoms with van der Waals surface area (Å²) in [5.74, 6) is 3.01. The molecule has 114 valence electrons. The summed E-state index contributed by atoms with van der Waals surface area (Å²) < 4.78 is 5.85. The molecule has 1 aromatic carbocycles. The van der Waals surface area contributed by atoms with Crippen LogP contribution in [0, 0.1) is 0 Å². The summed E-state index contributed by atoms with van der Waals surface area (Å²) in [6.45, 7) is 1.65. The summed E-state index contributed by atoms with van der Waals surface area (Å²) in [6.07, 6.45) is 3.27. The summed E-state index contributed by atoms with van der Waals surface area (Å²) in [5, 5.41) is 4.52. The fraction of sp³-hybridized carbons (Fsp3) is 0.438. The van der Waals surface area contributed by atoms with Crippen molar-refractivity contribution in [2.75, 3.05) is 32.6 Å². The summed E-state index contributed by atoms with van der Waals surface area (Å²) >= 11 is 1.87. The Kier molecular flexibility index (Phi) is 5.99. The second kappa shape index (κ2) is 7.98. The van der Waals surface area contributed by atoms with Crippen molar-refractivity contribution in [1.29, 1.82) is 0 Å². The van der Waals surface area contributed by atoms with Crippen molar-refractivity contribution >= 4 is 28.7 Å². The molecule has 0 amide bonds. The number of guanidine groups is 1. The first-order valence-electron chi connectivity index (χ1n) is 7.12. The van der Waals surface area contributed by atoms with Crippen LogP contribution in [0.2, 0.25) is 0 Å². The van der Waals surface area contributed by atoms with E-state index in [1.54, 1.807) is 0 Å². The summed E-state index contributed by atoms with van der Waals surface area (Å²) in [5.41, 5.74) is 0.934. The van der Waals surface area contributed by atoms with Gasteiger partial charge in [0.15, 0.2) is 5.96 Å². The number of rotatable bonds is 6. The smallest absolute Gasteiger partial charge is 0.193 e. The van der Waals surface area contributed by atoms with Gasteiger partial charge in [0, 0.05) is 26.0 Å². The van der Waals surface area contributed by atoms with Crippen LogP contribution in [0.4, 0.5) is 0 Å². The van der Waals surface area contributed by atoms with E-state index in [9.17, 15) is 0 Å². The van der Waals surface area contributed by atoms with Crippen molar-refractivity contribution in [2.45, 2.75) is 13.0 Å². The Morgan fingerprint density at radius 1 is 1.38 bits per heavy atom. The monoisotopic (exact) mass is 305 g/mol. The number of nitrogens with one attached hydrogen (secondary N) is 1. The summed E-state index contributed by atoms with van der Waals surface area (Å²) in [7, 11) is 3.84. The number of furan rings is 1. The van der Waals surface area contributed by atoms with Crippen LogP contribution in [-0.2, 0) is 6.54 Å². The van der Waals surface area contributed by atoms with Gasteiger partial charge < -0.3 is 14.6 Å². The lowest BCUT2D eigenvalue weighted by molar-refractivity contribution is 0.413. The van der Waals surface area contributed by atoms with Crippen LogP contribution < -0.4 is 5.32 Å². The Hall–Kier alpha value is -1.62. The highest BCUT2D eigenvalue weighted by molar-refractivity contribution is 7.98. The summed E-state index contributed by atoms with van der Waals surface area (Å²) in [6, 6.07) is 10.2. The van der Waals surface area contributed by atoms with Crippen molar-refractivity contribution in [1.82, 2.24) is 10.2 Å². The molecule has 1 heterocycles. The zero-order chi connectivity index (χ0) is 15.1. The molecule has 0 bridgehead atoms. The first-order valence-corrected chi connectivity index (χ1v) is 8.52. The molecule has 2 aromatic rings. The second-order valence-corrected chi connectivity index (χ2v) is 5.91. The molecular formula is C16H23N3OS. The molecular weight excluding hydrogens is 282 g/mol. The Balaban J connectivity index is 1.93. The predicted molar refractivity (Wildman–Crippen MR) is 92.0 cm³/mol. The molecule has 0 aliphatic carbocycles. The van der Waals surface area contributed by atoms with E-state index >= 15 is 0 Å². The molecule has 21 heavy (non-hydrogen) atoms. The SMILES string of the molecule is CN=C(NCCCSC)N(C)Cc1cc2ccccc2o1. The molecule has 4 nitrogen and oxygen atoms in total. The van der Waals surface area contributed by atoms with Gasteiger partial charge in [0.1, 0.15) is 11.3 Å². The topological polar surface area (TPSA) is 40.8 Å². The molecule has 0 saturated heterocycles. The molecule has 0 unspecified atom stereocenters. The maximum absolute atomic E-state index is 5.85. The zero-order valence-electron chi connectivity index (χ0n) is 12.9. The molecule has 0 radical (unpaired) electrons. The van der Waals surface area contributed by atoms with Crippen LogP contribution in [0.5, 0.6) is 0 Å². The van der Waals surface area contributed by atoms with Crippen molar-refractivity contribution in [3.63, 3.8) is 0 Å². The van der Waals surface area contributed by atoms with E-state index in [0.29, 0.717) is 6.54 Å². The molecule has 0 spiro atoms. The zero-order valence-corrected chi connectivity index (χ0v) is 13.7. The van der Waals surface area contributed by atoms with Gasteiger partial charge in [-0.3, -0.25) is 4.99 Å². The van der Waals surface area contributed by atoms with Crippen LogP contribution in [0.1, 0.15) is 12.2 Å². The van der Waals surface area contributed by atoms with Crippen LogP contribution in [-0.4, -0.2) is 43.5 Å². The maximum atomic E-state index is 5.85. The van der Waals surface area contributed by atoms with E-state index in [1.165, 1.54) is 0 Å². The van der Waals surface area contributed by atoms with Gasteiger partial charge in [0.2, 0.25) is 0 Å². The fourth-order valence-corrected chi connectivity index (χ4v) is 2.66. The van der Waals surface area contributed by atoms with Crippen molar-refractivity contribution in [3.8, 4) is 0 Å². The second-order valence-electron chi connectivity index (χ2n) is 4.93. The molecule has 0 aliphatic rings. The average molecular weight is 305 g/mol. The molecule has 0 aliphatic heterocycles. The van der Waals surface area contributed by atoms with E-state index in [0.717, 1.165) is 41.4 Å². The molecule has 0 saturated carbocycles. The number of hydrogen-bond donors (Lipinski definition) is 1. The van der Waals surface area contributed by atoms with Crippen molar-refractivity contribution in [2.24, 2.45) is 4.99 Å². The van der Waals surface area contributed by atoms with Gasteiger partial charge in [-0.05, 0) is 30.6 Å². The van der Waals surface area contributed by atoms with Gasteiger partial charge in [-0.2, -0.15) is 11.8 Å². The minimum Gasteiger partial charge on any atom is -0.459 e. The Morgan fingerprint density at radius 3 is 2.90 bits per heavy atom. The first-order chi connectivity index (χ1) is 10.2. The quantitative estimate of drug-likeness (QED) is 0.505. The fourth-order valence-electron chi connectivity index (χ4n) is 2.22. The Bertz CT molecular complexity index is 561. The first kappa shape index (κ1) is 15.8. The maximum Gasteiger partial charge on any atom is 0.193 e. The summed E-state index contributed by atoms with van der Waals surface area (Å²) in [4.78, 5) is 6.40. The average Bonchev–Trinajstić information content (AvgIpc) is 2.89. The third kappa shape index (κ3) is 4.43. The number of hydrogen-bond acceptors (Lipinski definition) is 3. The number of thioether (sulfide) groups is 1. The van der Waals surface area contributed by atoms with Crippen molar-refractivity contribution in [3.05, 3.63) is 36.1 Å². The van der Waals surface area contributed by atoms with Crippen LogP contribution in [0.15, 0.2) is 39.7 Å². The van der Waals surface area contributed by atoms with Gasteiger partial charge in [-0.25, -0.2) is 0 Å². The number of nitrogens with zero attached hydrogens (tertiary/aromatic N) is 2. The van der Waals surface area contributed by atoms with Gasteiger partial charge in [0.25, 0.3) is 0 Å². The number of benzene rings is 1. The minimum absolute atomic E-state index is 0.705. The third-order valence-corrected chi connectivity index (χ3v) is 3.95. The lowest BCUT2D eigenvalue weighted by atomic mass is 10.2. The number of para-hydroxylation sites is 1. The Morgan fingerprint density at radius 2 is 2.19 bits per heavy atom. The predicted octanol–water partition coefficient (Wildman–Crippen LogP) is 3.19. The third-order valence-electron chi connectivity index (χ3n) is 3.25. The van der Waals surface area contributed by atoms with Crippen LogP contribution >= 0.6 is 11.8 Å². The standard InChI is InChI=1S/C16H23N3OS/c1-17-16(18-9-6-10-21-3)19(2)12-14-11-13-7-4-5-8-15(13)20-14/h4-5,7-8,11H,6,9-10,12H2,1-3H3,(H,17,18). The Labute approximate surface area is 130 Å². The highest BCUT2D eigenvalue weighted by Gasteiger charge is 2.09. The van der Waals surface area contributed by atoms with E-state index in [2.05, 4.69) is 33.6 Å². The van der Waals surface area contributed by atoms with E-state index in [4.69, 9.17) is 4.42 Å². The van der Waals surface area contributed by atoms with E-state index in [-0.39, 0.29) is 0 Å². The normalized spacial score (nSPS) is 11.9. The molecule has 2 rings (SSSR count).